The summed E-state index contributed by atoms with van der Waals surface area (Å²) in [6.07, 6.45) is -1.28. The van der Waals surface area contributed by atoms with Crippen molar-refractivity contribution < 1.29 is 13.2 Å². The molecule has 0 aliphatic carbocycles. The molecule has 0 saturated carbocycles. The Morgan fingerprint density at radius 1 is 1.31 bits per heavy atom. The van der Waals surface area contributed by atoms with E-state index in [1.54, 1.807) is 24.7 Å². The molecule has 2 aromatic rings. The topological polar surface area (TPSA) is 35.6 Å². The largest absolute Gasteiger partial charge is 0.435 e. The number of hydrogen-bond acceptors (Lipinski definition) is 2. The lowest BCUT2D eigenvalue weighted by Gasteiger charge is -2.03. The normalized spacial score (nSPS) is 12.1. The Labute approximate surface area is 89.3 Å². The molecule has 0 saturated heterocycles. The van der Waals surface area contributed by atoms with Crippen LogP contribution in [0, 0.1) is 6.92 Å². The van der Waals surface area contributed by atoms with Gasteiger partial charge in [-0.05, 0) is 13.0 Å². The van der Waals surface area contributed by atoms with Crippen molar-refractivity contribution in [2.45, 2.75) is 13.1 Å². The lowest BCUT2D eigenvalue weighted by atomic mass is 10.4. The lowest BCUT2D eigenvalue weighted by Crippen LogP contribution is -2.10. The summed E-state index contributed by atoms with van der Waals surface area (Å²) in [5, 5.41) is 3.49. The Morgan fingerprint density at radius 3 is 2.44 bits per heavy atom. The van der Waals surface area contributed by atoms with Crippen molar-refractivity contribution >= 4 is 0 Å². The molecule has 0 fully saturated rings. The molecule has 0 radical (unpaired) electrons. The van der Waals surface area contributed by atoms with Crippen LogP contribution in [0.5, 0.6) is 0 Å². The molecule has 16 heavy (non-hydrogen) atoms. The first kappa shape index (κ1) is 10.7. The fourth-order valence-corrected chi connectivity index (χ4v) is 1.38. The molecule has 2 aromatic heterocycles. The van der Waals surface area contributed by atoms with Gasteiger partial charge in [-0.2, -0.15) is 18.3 Å². The van der Waals surface area contributed by atoms with Gasteiger partial charge >= 0.3 is 6.18 Å². The molecule has 0 bridgehead atoms. The van der Waals surface area contributed by atoms with Crippen LogP contribution in [0.2, 0.25) is 0 Å². The maximum absolute atomic E-state index is 12.4. The number of rotatable bonds is 1. The summed E-state index contributed by atoms with van der Waals surface area (Å²) in [7, 11) is 1.69. The molecule has 7 heteroatoms. The van der Waals surface area contributed by atoms with E-state index in [9.17, 15) is 13.2 Å². The van der Waals surface area contributed by atoms with E-state index in [4.69, 9.17) is 0 Å². The Balaban J connectivity index is 2.52. The predicted molar refractivity (Wildman–Crippen MR) is 50.1 cm³/mol. The van der Waals surface area contributed by atoms with E-state index < -0.39 is 11.9 Å². The van der Waals surface area contributed by atoms with Crippen molar-refractivity contribution in [3.05, 3.63) is 29.8 Å². The van der Waals surface area contributed by atoms with Gasteiger partial charge in [0, 0.05) is 25.1 Å². The fourth-order valence-electron chi connectivity index (χ4n) is 1.38. The number of hydrogen-bond donors (Lipinski definition) is 0. The summed E-state index contributed by atoms with van der Waals surface area (Å²) in [6.45, 7) is 1.55. The highest BCUT2D eigenvalue weighted by Crippen LogP contribution is 2.28. The van der Waals surface area contributed by atoms with Crippen LogP contribution >= 0.6 is 0 Å². The van der Waals surface area contributed by atoms with Crippen molar-refractivity contribution in [2.75, 3.05) is 0 Å². The van der Waals surface area contributed by atoms with E-state index in [0.717, 1.165) is 6.07 Å². The van der Waals surface area contributed by atoms with Gasteiger partial charge in [0.2, 0.25) is 5.95 Å². The maximum Gasteiger partial charge on any atom is 0.435 e. The molecular formula is C9H9F3N4. The zero-order chi connectivity index (χ0) is 11.9. The van der Waals surface area contributed by atoms with Crippen molar-refractivity contribution in [2.24, 2.45) is 7.05 Å². The molecule has 0 aliphatic rings. The first-order valence-corrected chi connectivity index (χ1v) is 4.51. The first-order valence-electron chi connectivity index (χ1n) is 4.51. The highest BCUT2D eigenvalue weighted by atomic mass is 19.4. The summed E-state index contributed by atoms with van der Waals surface area (Å²) in [5.41, 5.74) is -0.519. The highest BCUT2D eigenvalue weighted by molar-refractivity contribution is 5.21. The van der Waals surface area contributed by atoms with Crippen LogP contribution in [0.25, 0.3) is 5.95 Å². The molecule has 0 aliphatic heterocycles. The third-order valence-electron chi connectivity index (χ3n) is 2.16. The van der Waals surface area contributed by atoms with Gasteiger partial charge in [-0.3, -0.25) is 0 Å². The number of nitrogens with zero attached hydrogens (tertiary/aromatic N) is 4. The first-order chi connectivity index (χ1) is 7.39. The molecule has 2 rings (SSSR count). The van der Waals surface area contributed by atoms with Crippen molar-refractivity contribution in [3.8, 4) is 5.95 Å². The van der Waals surface area contributed by atoms with Crippen LogP contribution in [0.4, 0.5) is 13.2 Å². The van der Waals surface area contributed by atoms with Gasteiger partial charge < -0.3 is 4.57 Å². The highest BCUT2D eigenvalue weighted by Gasteiger charge is 2.34. The van der Waals surface area contributed by atoms with Gasteiger partial charge in [0.25, 0.3) is 0 Å². The maximum atomic E-state index is 12.4. The Kier molecular flexibility index (Phi) is 2.25. The van der Waals surface area contributed by atoms with Crippen LogP contribution in [0.3, 0.4) is 0 Å². The standard InChI is InChI=1S/C9H9F3N4/c1-6-5-7(9(10,11)12)14-16(6)8-13-3-4-15(8)2/h3-5H,1-2H3. The average Bonchev–Trinajstić information content (AvgIpc) is 2.70. The number of aryl methyl sites for hydroxylation is 2. The minimum absolute atomic E-state index is 0.355. The van der Waals surface area contributed by atoms with Crippen LogP contribution in [0.1, 0.15) is 11.4 Å². The van der Waals surface area contributed by atoms with E-state index in [1.165, 1.54) is 10.9 Å². The van der Waals surface area contributed by atoms with Gasteiger partial charge in [-0.15, -0.1) is 0 Å². The molecule has 4 nitrogen and oxygen atoms in total. The van der Waals surface area contributed by atoms with Gasteiger partial charge in [-0.1, -0.05) is 0 Å². The van der Waals surface area contributed by atoms with Crippen LogP contribution < -0.4 is 0 Å². The monoisotopic (exact) mass is 230 g/mol. The Hall–Kier alpha value is -1.79. The SMILES string of the molecule is Cc1cc(C(F)(F)F)nn1-c1nccn1C. The van der Waals surface area contributed by atoms with E-state index in [0.29, 0.717) is 11.6 Å². The quantitative estimate of drug-likeness (QED) is 0.750. The van der Waals surface area contributed by atoms with Gasteiger partial charge in [-0.25, -0.2) is 9.67 Å². The summed E-state index contributed by atoms with van der Waals surface area (Å²) in [6, 6.07) is 0.995. The second-order valence-electron chi connectivity index (χ2n) is 3.42. The molecule has 0 aromatic carbocycles. The second kappa shape index (κ2) is 3.36. The number of halogens is 3. The smallest absolute Gasteiger partial charge is 0.319 e. The van der Waals surface area contributed by atoms with Crippen molar-refractivity contribution in [3.63, 3.8) is 0 Å². The van der Waals surface area contributed by atoms with Crippen LogP contribution in [-0.4, -0.2) is 19.3 Å². The van der Waals surface area contributed by atoms with E-state index in [1.807, 2.05) is 0 Å². The summed E-state index contributed by atoms with van der Waals surface area (Å²) >= 11 is 0. The average molecular weight is 230 g/mol. The lowest BCUT2D eigenvalue weighted by molar-refractivity contribution is -0.141. The molecule has 0 spiro atoms. The summed E-state index contributed by atoms with van der Waals surface area (Å²) in [4.78, 5) is 3.94. The number of aromatic nitrogens is 4. The number of imidazole rings is 1. The second-order valence-corrected chi connectivity index (χ2v) is 3.42. The van der Waals surface area contributed by atoms with Crippen molar-refractivity contribution in [1.29, 1.82) is 0 Å². The third kappa shape index (κ3) is 1.68. The van der Waals surface area contributed by atoms with Gasteiger partial charge in [0.05, 0.1) is 0 Å². The predicted octanol–water partition coefficient (Wildman–Crippen LogP) is 1.93. The minimum atomic E-state index is -4.43. The molecule has 0 unspecified atom stereocenters. The number of alkyl halides is 3. The molecule has 0 atom stereocenters. The van der Waals surface area contributed by atoms with Crippen LogP contribution in [0.15, 0.2) is 18.5 Å². The Morgan fingerprint density at radius 2 is 2.00 bits per heavy atom. The molecule has 0 N–H and O–H groups in total. The molecule has 0 amide bonds. The van der Waals surface area contributed by atoms with Gasteiger partial charge in [0.1, 0.15) is 0 Å². The molecule has 86 valence electrons. The van der Waals surface area contributed by atoms with Gasteiger partial charge in [0.15, 0.2) is 5.69 Å². The molecule has 2 heterocycles. The zero-order valence-electron chi connectivity index (χ0n) is 8.65. The van der Waals surface area contributed by atoms with E-state index in [2.05, 4.69) is 10.1 Å². The minimum Gasteiger partial charge on any atom is -0.319 e. The summed E-state index contributed by atoms with van der Waals surface area (Å²) in [5.74, 6) is 0.355. The molecular weight excluding hydrogens is 221 g/mol. The van der Waals surface area contributed by atoms with Crippen molar-refractivity contribution in [1.82, 2.24) is 19.3 Å². The Bertz CT molecular complexity index is 509. The van der Waals surface area contributed by atoms with E-state index >= 15 is 0 Å². The summed E-state index contributed by atoms with van der Waals surface area (Å²) < 4.78 is 40.0. The third-order valence-corrected chi connectivity index (χ3v) is 2.16. The fraction of sp³-hybridized carbons (Fsp3) is 0.333. The van der Waals surface area contributed by atoms with E-state index in [-0.39, 0.29) is 0 Å². The zero-order valence-corrected chi connectivity index (χ0v) is 8.65. The van der Waals surface area contributed by atoms with Crippen LogP contribution in [-0.2, 0) is 13.2 Å².